The summed E-state index contributed by atoms with van der Waals surface area (Å²) in [6.07, 6.45) is 4.18. The lowest BCUT2D eigenvalue weighted by atomic mass is 10.2. The Hall–Kier alpha value is -2.65. The highest BCUT2D eigenvalue weighted by atomic mass is 32.2. The van der Waals surface area contributed by atoms with Crippen molar-refractivity contribution in [3.05, 3.63) is 65.7 Å². The number of sulfonamides is 1. The predicted octanol–water partition coefficient (Wildman–Crippen LogP) is 2.49. The van der Waals surface area contributed by atoms with Crippen LogP contribution in [0.1, 0.15) is 24.5 Å². The van der Waals surface area contributed by atoms with E-state index in [9.17, 15) is 21.6 Å². The van der Waals surface area contributed by atoms with Gasteiger partial charge in [-0.2, -0.15) is 0 Å². The molecule has 0 spiro atoms. The van der Waals surface area contributed by atoms with Crippen LogP contribution in [-0.4, -0.2) is 58.3 Å². The Morgan fingerprint density at radius 2 is 1.88 bits per heavy atom. The van der Waals surface area contributed by atoms with Gasteiger partial charge in [0.2, 0.25) is 5.91 Å². The van der Waals surface area contributed by atoms with Crippen LogP contribution in [0.5, 0.6) is 0 Å². The number of para-hydroxylation sites is 1. The van der Waals surface area contributed by atoms with Crippen molar-refractivity contribution in [2.75, 3.05) is 28.9 Å². The Kier molecular flexibility index (Phi) is 6.13. The first kappa shape index (κ1) is 22.5. The maximum absolute atomic E-state index is 13.1. The van der Waals surface area contributed by atoms with Gasteiger partial charge in [0.15, 0.2) is 9.84 Å². The first-order chi connectivity index (χ1) is 15.2. The second-order valence-electron chi connectivity index (χ2n) is 8.04. The number of hydrogen-bond acceptors (Lipinski definition) is 5. The summed E-state index contributed by atoms with van der Waals surface area (Å²) in [7, 11) is -6.74. The molecule has 32 heavy (non-hydrogen) atoms. The normalized spacial score (nSPS) is 19.9. The summed E-state index contributed by atoms with van der Waals surface area (Å²) in [5.74, 6) is -0.130. The van der Waals surface area contributed by atoms with E-state index in [0.717, 1.165) is 11.3 Å². The van der Waals surface area contributed by atoms with Crippen LogP contribution >= 0.6 is 0 Å². The lowest BCUT2D eigenvalue weighted by molar-refractivity contribution is -0.127. The van der Waals surface area contributed by atoms with Gasteiger partial charge in [0.25, 0.3) is 10.0 Å². The molecule has 0 bridgehead atoms. The summed E-state index contributed by atoms with van der Waals surface area (Å²) < 4.78 is 51.1. The number of hydrogen-bond donors (Lipinski definition) is 0. The lowest BCUT2D eigenvalue weighted by Gasteiger charge is -2.25. The third-order valence-corrected chi connectivity index (χ3v) is 9.58. The van der Waals surface area contributed by atoms with E-state index in [1.165, 1.54) is 10.4 Å². The molecule has 2 aromatic carbocycles. The maximum atomic E-state index is 13.1. The highest BCUT2D eigenvalue weighted by Gasteiger charge is 2.33. The van der Waals surface area contributed by atoms with E-state index in [0.29, 0.717) is 31.5 Å². The van der Waals surface area contributed by atoms with E-state index in [4.69, 9.17) is 0 Å². The Bertz CT molecular complexity index is 1250. The minimum atomic E-state index is -3.66. The Morgan fingerprint density at radius 3 is 2.53 bits per heavy atom. The molecule has 0 radical (unpaired) electrons. The molecular formula is C23H26N2O5S2. The quantitative estimate of drug-likeness (QED) is 0.600. The lowest BCUT2D eigenvalue weighted by Crippen LogP contribution is -2.40. The second-order valence-corrected chi connectivity index (χ2v) is 12.1. The third-order valence-electron chi connectivity index (χ3n) is 6.00. The smallest absolute Gasteiger partial charge is 0.264 e. The first-order valence-corrected chi connectivity index (χ1v) is 13.9. The van der Waals surface area contributed by atoms with E-state index < -0.39 is 19.9 Å². The van der Waals surface area contributed by atoms with Crippen molar-refractivity contribution in [1.82, 2.24) is 4.90 Å². The number of sulfone groups is 1. The largest absolute Gasteiger partial charge is 0.335 e. The zero-order valence-electron chi connectivity index (χ0n) is 17.8. The fraction of sp³-hybridized carbons (Fsp3) is 0.348. The molecule has 2 aliphatic rings. The van der Waals surface area contributed by atoms with Crippen molar-refractivity contribution in [3.63, 3.8) is 0 Å². The number of benzene rings is 2. The van der Waals surface area contributed by atoms with Crippen molar-refractivity contribution < 1.29 is 21.6 Å². The number of likely N-dealkylation sites (N-methyl/N-ethyl adjacent to an activating group) is 1. The minimum Gasteiger partial charge on any atom is -0.335 e. The summed E-state index contributed by atoms with van der Waals surface area (Å²) in [6, 6.07) is 13.6. The van der Waals surface area contributed by atoms with Crippen molar-refractivity contribution in [2.24, 2.45) is 0 Å². The van der Waals surface area contributed by atoms with Crippen LogP contribution < -0.4 is 4.31 Å². The van der Waals surface area contributed by atoms with Crippen molar-refractivity contribution in [1.29, 1.82) is 0 Å². The molecule has 4 rings (SSSR count). The number of amides is 1. The number of fused-ring (bicyclic) bond motifs is 1. The highest BCUT2D eigenvalue weighted by Crippen LogP contribution is 2.32. The van der Waals surface area contributed by atoms with Gasteiger partial charge in [-0.15, -0.1) is 0 Å². The Balaban J connectivity index is 1.47. The zero-order valence-corrected chi connectivity index (χ0v) is 19.5. The van der Waals surface area contributed by atoms with Crippen LogP contribution in [0, 0.1) is 0 Å². The van der Waals surface area contributed by atoms with Gasteiger partial charge < -0.3 is 4.90 Å². The number of carbonyl (C=O) groups excluding carboxylic acids is 1. The summed E-state index contributed by atoms with van der Waals surface area (Å²) in [5.41, 5.74) is 2.43. The van der Waals surface area contributed by atoms with Crippen molar-refractivity contribution in [2.45, 2.75) is 30.7 Å². The van der Waals surface area contributed by atoms with Crippen LogP contribution in [0.2, 0.25) is 0 Å². The van der Waals surface area contributed by atoms with Crippen molar-refractivity contribution in [3.8, 4) is 0 Å². The molecule has 9 heteroatoms. The first-order valence-electron chi connectivity index (χ1n) is 10.6. The number of rotatable bonds is 6. The van der Waals surface area contributed by atoms with E-state index in [2.05, 4.69) is 0 Å². The molecule has 1 saturated heterocycles. The molecule has 0 N–H and O–H groups in total. The summed E-state index contributed by atoms with van der Waals surface area (Å²) in [4.78, 5) is 14.4. The van der Waals surface area contributed by atoms with E-state index in [1.807, 2.05) is 31.2 Å². The molecule has 2 aromatic rings. The number of nitrogens with zero attached hydrogens (tertiary/aromatic N) is 2. The molecular weight excluding hydrogens is 448 g/mol. The Labute approximate surface area is 189 Å². The van der Waals surface area contributed by atoms with Gasteiger partial charge >= 0.3 is 0 Å². The standard InChI is InChI=1S/C23H26N2O5S2/c1-2-24(20-14-16-31(27,28)17-20)23(26)12-9-18-7-10-21(11-8-18)32(29,30)25-15-13-19-5-3-4-6-22(19)25/h3-12,20H,2,13-17H2,1H3/b12-9+. The van der Waals surface area contributed by atoms with Crippen LogP contribution in [0.4, 0.5) is 5.69 Å². The predicted molar refractivity (Wildman–Crippen MR) is 125 cm³/mol. The van der Waals surface area contributed by atoms with Gasteiger partial charge in [-0.1, -0.05) is 30.3 Å². The highest BCUT2D eigenvalue weighted by molar-refractivity contribution is 7.93. The molecule has 1 amide bonds. The molecule has 0 saturated carbocycles. The minimum absolute atomic E-state index is 0.00655. The van der Waals surface area contributed by atoms with Gasteiger partial charge in [0.05, 0.1) is 22.1 Å². The monoisotopic (exact) mass is 474 g/mol. The molecule has 1 atom stereocenters. The van der Waals surface area contributed by atoms with Gasteiger partial charge in [-0.3, -0.25) is 9.10 Å². The summed E-state index contributed by atoms with van der Waals surface area (Å²) in [6.45, 7) is 2.67. The molecule has 170 valence electrons. The van der Waals surface area contributed by atoms with E-state index in [-0.39, 0.29) is 28.4 Å². The summed E-state index contributed by atoms with van der Waals surface area (Å²) in [5, 5.41) is 0. The maximum Gasteiger partial charge on any atom is 0.264 e. The number of anilines is 1. The zero-order chi connectivity index (χ0) is 22.9. The van der Waals surface area contributed by atoms with Gasteiger partial charge in [0.1, 0.15) is 0 Å². The average molecular weight is 475 g/mol. The van der Waals surface area contributed by atoms with Crippen LogP contribution in [0.15, 0.2) is 59.5 Å². The SMILES string of the molecule is CCN(C(=O)/C=C/c1ccc(S(=O)(=O)N2CCc3ccccc32)cc1)C1CCS(=O)(=O)C1. The Morgan fingerprint density at radius 1 is 1.16 bits per heavy atom. The van der Waals surface area contributed by atoms with Crippen LogP contribution in [0.25, 0.3) is 6.08 Å². The topological polar surface area (TPSA) is 91.8 Å². The van der Waals surface area contributed by atoms with Gasteiger partial charge in [-0.25, -0.2) is 16.8 Å². The van der Waals surface area contributed by atoms with E-state index in [1.54, 1.807) is 35.2 Å². The van der Waals surface area contributed by atoms with Gasteiger partial charge in [0, 0.05) is 25.2 Å². The van der Waals surface area contributed by atoms with E-state index >= 15 is 0 Å². The molecule has 1 unspecified atom stereocenters. The fourth-order valence-electron chi connectivity index (χ4n) is 4.31. The molecule has 2 aliphatic heterocycles. The molecule has 0 aliphatic carbocycles. The molecule has 1 fully saturated rings. The summed E-state index contributed by atoms with van der Waals surface area (Å²) >= 11 is 0. The molecule has 7 nitrogen and oxygen atoms in total. The number of carbonyl (C=O) groups is 1. The van der Waals surface area contributed by atoms with Crippen molar-refractivity contribution >= 4 is 37.5 Å². The third kappa shape index (κ3) is 4.45. The molecule has 0 aromatic heterocycles. The van der Waals surface area contributed by atoms with Crippen LogP contribution in [0.3, 0.4) is 0 Å². The second kappa shape index (κ2) is 8.71. The van der Waals surface area contributed by atoms with Crippen LogP contribution in [-0.2, 0) is 31.1 Å². The molecule has 2 heterocycles. The average Bonchev–Trinajstić information content (AvgIpc) is 3.36. The van der Waals surface area contributed by atoms with Gasteiger partial charge in [-0.05, 0) is 55.2 Å². The fourth-order valence-corrected chi connectivity index (χ4v) is 7.55.